The molecule has 0 aliphatic carbocycles. The van der Waals surface area contributed by atoms with Gasteiger partial charge in [-0.2, -0.15) is 0 Å². The molecule has 0 radical (unpaired) electrons. The third kappa shape index (κ3) is 5.06. The van der Waals surface area contributed by atoms with Gasteiger partial charge in [0.2, 0.25) is 0 Å². The molecule has 0 unspecified atom stereocenters. The number of carbonyl (C=O) groups is 1. The van der Waals surface area contributed by atoms with E-state index in [0.29, 0.717) is 17.1 Å². The lowest BCUT2D eigenvalue weighted by Crippen LogP contribution is -2.26. The Balaban J connectivity index is 1.81. The number of aryl methyl sites for hydroxylation is 1. The lowest BCUT2D eigenvalue weighted by Gasteiger charge is -2.07. The highest BCUT2D eigenvalue weighted by atomic mass is 79.9. The fraction of sp³-hybridized carbons (Fsp3) is 0.188. The Morgan fingerprint density at radius 1 is 1.24 bits per heavy atom. The molecule has 0 atom stereocenters. The number of halogens is 2. The average molecular weight is 385 g/mol. The van der Waals surface area contributed by atoms with Gasteiger partial charge in [0.1, 0.15) is 0 Å². The van der Waals surface area contributed by atoms with Gasteiger partial charge in [0.15, 0.2) is 0 Å². The third-order valence-corrected chi connectivity index (χ3v) is 4.69. The molecule has 0 spiro atoms. The molecular formula is C16H15BrClNOS. The van der Waals surface area contributed by atoms with Crippen LogP contribution in [0.1, 0.15) is 15.9 Å². The van der Waals surface area contributed by atoms with Gasteiger partial charge in [0.05, 0.1) is 10.6 Å². The summed E-state index contributed by atoms with van der Waals surface area (Å²) in [5.41, 5.74) is 1.74. The van der Waals surface area contributed by atoms with Gasteiger partial charge >= 0.3 is 0 Å². The summed E-state index contributed by atoms with van der Waals surface area (Å²) in [7, 11) is 0. The molecule has 110 valence electrons. The normalized spacial score (nSPS) is 10.4. The summed E-state index contributed by atoms with van der Waals surface area (Å²) in [4.78, 5) is 13.3. The standard InChI is InChI=1S/C16H15BrClNOS/c1-11-2-5-13(6-3-11)21-9-8-19-16(20)14-10-12(17)4-7-15(14)18/h2-7,10H,8-9H2,1H3,(H,19,20). The highest BCUT2D eigenvalue weighted by Crippen LogP contribution is 2.21. The molecule has 1 N–H and O–H groups in total. The van der Waals surface area contributed by atoms with Crippen LogP contribution in [0.15, 0.2) is 51.8 Å². The minimum atomic E-state index is -0.147. The number of benzene rings is 2. The molecule has 0 saturated carbocycles. The van der Waals surface area contributed by atoms with Gasteiger partial charge in [-0.1, -0.05) is 45.2 Å². The van der Waals surface area contributed by atoms with E-state index >= 15 is 0 Å². The third-order valence-electron chi connectivity index (χ3n) is 2.85. The molecule has 2 rings (SSSR count). The van der Waals surface area contributed by atoms with Crippen molar-refractivity contribution < 1.29 is 4.79 Å². The molecule has 0 bridgehead atoms. The smallest absolute Gasteiger partial charge is 0.252 e. The SMILES string of the molecule is Cc1ccc(SCCNC(=O)c2cc(Br)ccc2Cl)cc1. The molecule has 0 aliphatic rings. The topological polar surface area (TPSA) is 29.1 Å². The Hall–Kier alpha value is -0.970. The number of nitrogens with one attached hydrogen (secondary N) is 1. The van der Waals surface area contributed by atoms with Crippen molar-refractivity contribution in [2.24, 2.45) is 0 Å². The zero-order valence-corrected chi connectivity index (χ0v) is 14.7. The van der Waals surface area contributed by atoms with E-state index in [1.807, 2.05) is 6.07 Å². The van der Waals surface area contributed by atoms with Crippen molar-refractivity contribution in [3.8, 4) is 0 Å². The van der Waals surface area contributed by atoms with Gasteiger partial charge < -0.3 is 5.32 Å². The van der Waals surface area contributed by atoms with Crippen LogP contribution in [-0.4, -0.2) is 18.2 Å². The maximum atomic E-state index is 12.0. The summed E-state index contributed by atoms with van der Waals surface area (Å²) in [6.45, 7) is 2.66. The Morgan fingerprint density at radius 3 is 2.67 bits per heavy atom. The summed E-state index contributed by atoms with van der Waals surface area (Å²) in [5, 5.41) is 3.34. The quantitative estimate of drug-likeness (QED) is 0.585. The monoisotopic (exact) mass is 383 g/mol. The number of hydrogen-bond acceptors (Lipinski definition) is 2. The Labute approximate surface area is 142 Å². The van der Waals surface area contributed by atoms with E-state index < -0.39 is 0 Å². The predicted octanol–water partition coefficient (Wildman–Crippen LogP) is 4.93. The van der Waals surface area contributed by atoms with Crippen molar-refractivity contribution in [2.75, 3.05) is 12.3 Å². The molecular weight excluding hydrogens is 370 g/mol. The lowest BCUT2D eigenvalue weighted by atomic mass is 10.2. The van der Waals surface area contributed by atoms with Crippen molar-refractivity contribution in [3.63, 3.8) is 0 Å². The van der Waals surface area contributed by atoms with Crippen molar-refractivity contribution in [1.29, 1.82) is 0 Å². The summed E-state index contributed by atoms with van der Waals surface area (Å²) < 4.78 is 0.839. The highest BCUT2D eigenvalue weighted by molar-refractivity contribution is 9.10. The first kappa shape index (κ1) is 16.4. The summed E-state index contributed by atoms with van der Waals surface area (Å²) >= 11 is 11.1. The predicted molar refractivity (Wildman–Crippen MR) is 93.4 cm³/mol. The number of hydrogen-bond donors (Lipinski definition) is 1. The molecule has 2 aromatic rings. The Kier molecular flexibility index (Phi) is 6.15. The molecule has 2 nitrogen and oxygen atoms in total. The highest BCUT2D eigenvalue weighted by Gasteiger charge is 2.10. The number of carbonyl (C=O) groups excluding carboxylic acids is 1. The average Bonchev–Trinajstić information content (AvgIpc) is 2.47. The molecule has 0 aromatic heterocycles. The van der Waals surface area contributed by atoms with Crippen molar-refractivity contribution >= 4 is 45.2 Å². The van der Waals surface area contributed by atoms with E-state index in [9.17, 15) is 4.79 Å². The van der Waals surface area contributed by atoms with E-state index in [0.717, 1.165) is 10.2 Å². The van der Waals surface area contributed by atoms with Gasteiger partial charge in [-0.15, -0.1) is 11.8 Å². The molecule has 0 saturated heterocycles. The minimum absolute atomic E-state index is 0.147. The van der Waals surface area contributed by atoms with Crippen LogP contribution >= 0.6 is 39.3 Å². The van der Waals surface area contributed by atoms with Crippen LogP contribution < -0.4 is 5.32 Å². The van der Waals surface area contributed by atoms with Crippen LogP contribution in [0.2, 0.25) is 5.02 Å². The minimum Gasteiger partial charge on any atom is -0.351 e. The van der Waals surface area contributed by atoms with Crippen LogP contribution in [0.4, 0.5) is 0 Å². The van der Waals surface area contributed by atoms with Crippen LogP contribution in [-0.2, 0) is 0 Å². The van der Waals surface area contributed by atoms with Crippen molar-refractivity contribution in [1.82, 2.24) is 5.32 Å². The molecule has 0 fully saturated rings. The molecule has 5 heteroatoms. The van der Waals surface area contributed by atoms with Crippen LogP contribution in [0.25, 0.3) is 0 Å². The zero-order valence-electron chi connectivity index (χ0n) is 11.5. The largest absolute Gasteiger partial charge is 0.351 e. The maximum absolute atomic E-state index is 12.0. The van der Waals surface area contributed by atoms with Crippen molar-refractivity contribution in [3.05, 3.63) is 63.1 Å². The first-order valence-corrected chi connectivity index (χ1v) is 8.64. The number of amides is 1. The van der Waals surface area contributed by atoms with Crippen LogP contribution in [0.5, 0.6) is 0 Å². The second-order valence-corrected chi connectivity index (χ2v) is 7.03. The van der Waals surface area contributed by atoms with Crippen molar-refractivity contribution in [2.45, 2.75) is 11.8 Å². The summed E-state index contributed by atoms with van der Waals surface area (Å²) in [6, 6.07) is 13.6. The van der Waals surface area contributed by atoms with E-state index in [2.05, 4.69) is 52.4 Å². The van der Waals surface area contributed by atoms with Gasteiger partial charge in [-0.25, -0.2) is 0 Å². The van der Waals surface area contributed by atoms with E-state index in [1.54, 1.807) is 23.9 Å². The van der Waals surface area contributed by atoms with Gasteiger partial charge in [-0.05, 0) is 37.3 Å². The fourth-order valence-corrected chi connectivity index (χ4v) is 3.07. The second kappa shape index (κ2) is 7.87. The van der Waals surface area contributed by atoms with E-state index in [-0.39, 0.29) is 5.91 Å². The summed E-state index contributed by atoms with van der Waals surface area (Å²) in [6.07, 6.45) is 0. The Bertz CT molecular complexity index is 631. The van der Waals surface area contributed by atoms with Crippen LogP contribution in [0.3, 0.4) is 0 Å². The number of rotatable bonds is 5. The first-order valence-electron chi connectivity index (χ1n) is 6.49. The van der Waals surface area contributed by atoms with Gasteiger partial charge in [-0.3, -0.25) is 4.79 Å². The lowest BCUT2D eigenvalue weighted by molar-refractivity contribution is 0.0956. The van der Waals surface area contributed by atoms with Gasteiger partial charge in [0.25, 0.3) is 5.91 Å². The molecule has 0 heterocycles. The Morgan fingerprint density at radius 2 is 1.95 bits per heavy atom. The van der Waals surface area contributed by atoms with Crippen LogP contribution in [0, 0.1) is 6.92 Å². The maximum Gasteiger partial charge on any atom is 0.252 e. The summed E-state index contributed by atoms with van der Waals surface area (Å²) in [5.74, 6) is 0.672. The zero-order chi connectivity index (χ0) is 15.2. The molecule has 1 amide bonds. The molecule has 2 aromatic carbocycles. The van der Waals surface area contributed by atoms with E-state index in [1.165, 1.54) is 10.5 Å². The number of thioether (sulfide) groups is 1. The van der Waals surface area contributed by atoms with Gasteiger partial charge in [0, 0.05) is 21.7 Å². The molecule has 0 aliphatic heterocycles. The fourth-order valence-electron chi connectivity index (χ4n) is 1.73. The second-order valence-electron chi connectivity index (χ2n) is 4.54. The van der Waals surface area contributed by atoms with E-state index in [4.69, 9.17) is 11.6 Å². The first-order chi connectivity index (χ1) is 10.1. The molecule has 21 heavy (non-hydrogen) atoms.